The molecular weight excluding hydrogens is 673 g/mol. The van der Waals surface area contributed by atoms with Gasteiger partial charge in [0.25, 0.3) is 10.0 Å². The molecule has 4 aromatic rings. The first kappa shape index (κ1) is 32.5. The van der Waals surface area contributed by atoms with Gasteiger partial charge < -0.3 is 10.2 Å². The number of rotatable bonds is 11. The number of anilines is 1. The van der Waals surface area contributed by atoms with E-state index < -0.39 is 28.5 Å². The fourth-order valence-electron chi connectivity index (χ4n) is 4.53. The van der Waals surface area contributed by atoms with E-state index in [2.05, 4.69) is 21.2 Å². The molecule has 0 heterocycles. The number of benzene rings is 4. The number of carbonyl (C=O) groups excluding carboxylic acids is 2. The quantitative estimate of drug-likeness (QED) is 0.190. The smallest absolute Gasteiger partial charge is 0.264 e. The minimum atomic E-state index is -4.29. The van der Waals surface area contributed by atoms with Gasteiger partial charge in [-0.25, -0.2) is 8.42 Å². The van der Waals surface area contributed by atoms with Gasteiger partial charge in [0.1, 0.15) is 12.6 Å². The van der Waals surface area contributed by atoms with Crippen LogP contribution in [0, 0.1) is 6.92 Å². The van der Waals surface area contributed by atoms with Gasteiger partial charge in [-0.15, -0.1) is 0 Å². The molecule has 0 aromatic heterocycles. The summed E-state index contributed by atoms with van der Waals surface area (Å²) < 4.78 is 30.0. The Morgan fingerprint density at radius 2 is 1.53 bits per heavy atom. The lowest BCUT2D eigenvalue weighted by atomic mass is 10.0. The molecule has 1 N–H and O–H groups in total. The second-order valence-corrected chi connectivity index (χ2v) is 13.5. The van der Waals surface area contributed by atoms with E-state index in [1.165, 1.54) is 42.3 Å². The number of nitrogens with zero attached hydrogens (tertiary/aromatic N) is 2. The normalized spacial score (nSPS) is 11.9. The number of halogens is 3. The van der Waals surface area contributed by atoms with Gasteiger partial charge in [-0.05, 0) is 60.5 Å². The summed E-state index contributed by atoms with van der Waals surface area (Å²) in [5, 5.41) is 3.01. The summed E-state index contributed by atoms with van der Waals surface area (Å²) in [5.41, 5.74) is 2.52. The number of hydrogen-bond acceptors (Lipinski definition) is 4. The molecule has 0 unspecified atom stereocenters. The molecule has 43 heavy (non-hydrogen) atoms. The fraction of sp³-hybridized carbons (Fsp3) is 0.188. The number of hydrogen-bond donors (Lipinski definition) is 1. The first-order valence-electron chi connectivity index (χ1n) is 13.3. The number of aryl methyl sites for hydroxylation is 1. The fourth-order valence-corrected chi connectivity index (χ4v) is 6.66. The lowest BCUT2D eigenvalue weighted by molar-refractivity contribution is -0.139. The van der Waals surface area contributed by atoms with Gasteiger partial charge in [-0.3, -0.25) is 13.9 Å². The largest absolute Gasteiger partial charge is 0.357 e. The van der Waals surface area contributed by atoms with Gasteiger partial charge in [-0.2, -0.15) is 0 Å². The molecule has 0 bridgehead atoms. The molecule has 0 saturated carbocycles. The van der Waals surface area contributed by atoms with E-state index >= 15 is 0 Å². The SMILES string of the molecule is CNC(=O)[C@@H](Cc1ccccc1)N(Cc1ccc(Br)cc1)C(=O)CN(c1cc(Cl)ccc1Cl)S(=O)(=O)c1ccc(C)cc1. The zero-order valence-electron chi connectivity index (χ0n) is 23.5. The first-order chi connectivity index (χ1) is 20.5. The molecule has 4 rings (SSSR count). The molecule has 1 atom stereocenters. The van der Waals surface area contributed by atoms with Gasteiger partial charge in [0, 0.05) is 29.5 Å². The van der Waals surface area contributed by atoms with Crippen molar-refractivity contribution in [3.05, 3.63) is 128 Å². The van der Waals surface area contributed by atoms with Crippen LogP contribution >= 0.6 is 39.1 Å². The predicted octanol–water partition coefficient (Wildman–Crippen LogP) is 6.65. The summed E-state index contributed by atoms with van der Waals surface area (Å²) in [7, 11) is -2.79. The molecule has 0 aliphatic heterocycles. The third-order valence-electron chi connectivity index (χ3n) is 6.85. The van der Waals surface area contributed by atoms with Crippen molar-refractivity contribution in [1.82, 2.24) is 10.2 Å². The molecule has 0 saturated heterocycles. The summed E-state index contributed by atoms with van der Waals surface area (Å²) in [6.45, 7) is 1.27. The van der Waals surface area contributed by atoms with E-state index in [4.69, 9.17) is 23.2 Å². The standard InChI is InChI=1S/C32H30BrCl2N3O4S/c1-22-8-15-27(16-9-22)43(41,42)38(29-19-26(34)14-17-28(29)35)21-31(39)37(20-24-10-12-25(33)13-11-24)30(32(40)36-2)18-23-6-4-3-5-7-23/h3-17,19,30H,18,20-21H2,1-2H3,(H,36,40)/t30-/m1/s1. The molecule has 0 spiro atoms. The van der Waals surface area contributed by atoms with Gasteiger partial charge in [0.05, 0.1) is 15.6 Å². The van der Waals surface area contributed by atoms with E-state index in [0.29, 0.717) is 0 Å². The van der Waals surface area contributed by atoms with E-state index in [-0.39, 0.29) is 39.5 Å². The highest BCUT2D eigenvalue weighted by Gasteiger charge is 2.35. The highest BCUT2D eigenvalue weighted by molar-refractivity contribution is 9.10. The molecule has 224 valence electrons. The van der Waals surface area contributed by atoms with Gasteiger partial charge >= 0.3 is 0 Å². The Kier molecular flexibility index (Phi) is 10.9. The average Bonchev–Trinajstić information content (AvgIpc) is 3.00. The Hall–Kier alpha value is -3.37. The summed E-state index contributed by atoms with van der Waals surface area (Å²) in [6.07, 6.45) is 0.214. The van der Waals surface area contributed by atoms with Crippen LogP contribution in [-0.2, 0) is 32.6 Å². The molecule has 0 aliphatic carbocycles. The Morgan fingerprint density at radius 3 is 2.16 bits per heavy atom. The lowest BCUT2D eigenvalue weighted by Gasteiger charge is -2.33. The molecule has 4 aromatic carbocycles. The second-order valence-electron chi connectivity index (χ2n) is 9.89. The Labute approximate surface area is 270 Å². The zero-order chi connectivity index (χ0) is 31.1. The van der Waals surface area contributed by atoms with Crippen LogP contribution in [0.3, 0.4) is 0 Å². The van der Waals surface area contributed by atoms with Crippen LogP contribution in [0.25, 0.3) is 0 Å². The molecule has 0 radical (unpaired) electrons. The van der Waals surface area contributed by atoms with Crippen molar-refractivity contribution < 1.29 is 18.0 Å². The highest BCUT2D eigenvalue weighted by Crippen LogP contribution is 2.33. The van der Waals surface area contributed by atoms with Crippen molar-refractivity contribution in [2.45, 2.75) is 30.8 Å². The number of carbonyl (C=O) groups is 2. The summed E-state index contributed by atoms with van der Waals surface area (Å²) in [5.74, 6) is -0.984. The minimum Gasteiger partial charge on any atom is -0.357 e. The van der Waals surface area contributed by atoms with Gasteiger partial charge in [-0.1, -0.05) is 99.3 Å². The molecule has 7 nitrogen and oxygen atoms in total. The Balaban J connectivity index is 1.81. The summed E-state index contributed by atoms with van der Waals surface area (Å²) >= 11 is 16.2. The first-order valence-corrected chi connectivity index (χ1v) is 16.3. The van der Waals surface area contributed by atoms with E-state index in [9.17, 15) is 18.0 Å². The van der Waals surface area contributed by atoms with Crippen LogP contribution in [0.2, 0.25) is 10.0 Å². The third kappa shape index (κ3) is 8.17. The number of likely N-dealkylation sites (N-methyl/N-ethyl adjacent to an activating group) is 1. The monoisotopic (exact) mass is 701 g/mol. The van der Waals surface area contributed by atoms with Crippen LogP contribution in [0.5, 0.6) is 0 Å². The summed E-state index contributed by atoms with van der Waals surface area (Å²) in [6, 6.07) is 26.4. The molecule has 2 amide bonds. The average molecular weight is 703 g/mol. The number of sulfonamides is 1. The minimum absolute atomic E-state index is 0.0199. The molecule has 0 fully saturated rings. The number of amides is 2. The predicted molar refractivity (Wildman–Crippen MR) is 175 cm³/mol. The van der Waals surface area contributed by atoms with Crippen LogP contribution in [0.15, 0.2) is 106 Å². The van der Waals surface area contributed by atoms with E-state index in [0.717, 1.165) is 25.5 Å². The van der Waals surface area contributed by atoms with Crippen molar-refractivity contribution in [3.63, 3.8) is 0 Å². The second kappa shape index (κ2) is 14.4. The Bertz CT molecular complexity index is 1690. The highest BCUT2D eigenvalue weighted by atomic mass is 79.9. The van der Waals surface area contributed by atoms with Crippen molar-refractivity contribution in [2.75, 3.05) is 17.9 Å². The van der Waals surface area contributed by atoms with Crippen molar-refractivity contribution >= 4 is 66.7 Å². The molecule has 11 heteroatoms. The lowest BCUT2D eigenvalue weighted by Crippen LogP contribution is -2.53. The van der Waals surface area contributed by atoms with Crippen molar-refractivity contribution in [2.24, 2.45) is 0 Å². The van der Waals surface area contributed by atoms with Crippen LogP contribution in [-0.4, -0.2) is 44.8 Å². The molecular formula is C32H30BrCl2N3O4S. The topological polar surface area (TPSA) is 86.8 Å². The van der Waals surface area contributed by atoms with Crippen LogP contribution in [0.1, 0.15) is 16.7 Å². The van der Waals surface area contributed by atoms with Gasteiger partial charge in [0.2, 0.25) is 11.8 Å². The third-order valence-corrected chi connectivity index (χ3v) is 9.71. The number of nitrogens with one attached hydrogen (secondary N) is 1. The maximum atomic E-state index is 14.3. The van der Waals surface area contributed by atoms with Crippen LogP contribution < -0.4 is 9.62 Å². The van der Waals surface area contributed by atoms with Crippen LogP contribution in [0.4, 0.5) is 5.69 Å². The Morgan fingerprint density at radius 1 is 0.884 bits per heavy atom. The maximum Gasteiger partial charge on any atom is 0.264 e. The van der Waals surface area contributed by atoms with Crippen molar-refractivity contribution in [3.8, 4) is 0 Å². The van der Waals surface area contributed by atoms with E-state index in [1.54, 1.807) is 12.1 Å². The van der Waals surface area contributed by atoms with E-state index in [1.807, 2.05) is 61.5 Å². The van der Waals surface area contributed by atoms with Gasteiger partial charge in [0.15, 0.2) is 0 Å². The van der Waals surface area contributed by atoms with Crippen molar-refractivity contribution in [1.29, 1.82) is 0 Å². The maximum absolute atomic E-state index is 14.3. The summed E-state index contributed by atoms with van der Waals surface area (Å²) in [4.78, 5) is 29.0. The zero-order valence-corrected chi connectivity index (χ0v) is 27.4. The molecule has 0 aliphatic rings.